The number of piperazine rings is 1. The summed E-state index contributed by atoms with van der Waals surface area (Å²) in [4.78, 5) is 39.7. The predicted octanol–water partition coefficient (Wildman–Crippen LogP) is 2.92. The first-order valence-corrected chi connectivity index (χ1v) is 10.2. The fourth-order valence-electron chi connectivity index (χ4n) is 3.64. The number of hydrogen-bond acceptors (Lipinski definition) is 6. The molecule has 0 saturated carbocycles. The number of nitrogens with one attached hydrogen (secondary N) is 1. The van der Waals surface area contributed by atoms with Crippen molar-refractivity contribution in [3.63, 3.8) is 0 Å². The van der Waals surface area contributed by atoms with Crippen LogP contribution in [-0.4, -0.2) is 46.9 Å². The Balaban J connectivity index is 1.42. The van der Waals surface area contributed by atoms with E-state index in [1.165, 1.54) is 6.07 Å². The Morgan fingerprint density at radius 3 is 2.33 bits per heavy atom. The number of pyridine rings is 1. The van der Waals surface area contributed by atoms with Gasteiger partial charge >= 0.3 is 0 Å². The Labute approximate surface area is 175 Å². The lowest BCUT2D eigenvalue weighted by molar-refractivity contribution is 0.101. The van der Waals surface area contributed by atoms with Crippen molar-refractivity contribution in [2.24, 2.45) is 0 Å². The minimum absolute atomic E-state index is 0.0848. The number of aromatic nitrogens is 3. The molecule has 154 valence electrons. The van der Waals surface area contributed by atoms with Crippen molar-refractivity contribution in [2.75, 3.05) is 36.0 Å². The summed E-state index contributed by atoms with van der Waals surface area (Å²) in [7, 11) is 0. The van der Waals surface area contributed by atoms with Gasteiger partial charge in [-0.1, -0.05) is 6.92 Å². The summed E-state index contributed by atoms with van der Waals surface area (Å²) in [5, 5.41) is 0. The van der Waals surface area contributed by atoms with Gasteiger partial charge in [-0.25, -0.2) is 9.97 Å². The Bertz CT molecular complexity index is 1080. The molecule has 0 aliphatic carbocycles. The molecule has 1 fully saturated rings. The Morgan fingerprint density at radius 1 is 1.03 bits per heavy atom. The maximum absolute atomic E-state index is 11.8. The molecule has 0 bridgehead atoms. The van der Waals surface area contributed by atoms with Crippen LogP contribution in [0.4, 0.5) is 11.5 Å². The molecule has 3 aromatic rings. The molecule has 7 heteroatoms. The van der Waals surface area contributed by atoms with E-state index in [4.69, 9.17) is 0 Å². The second kappa shape index (κ2) is 8.49. The van der Waals surface area contributed by atoms with E-state index < -0.39 is 0 Å². The predicted molar refractivity (Wildman–Crippen MR) is 118 cm³/mol. The van der Waals surface area contributed by atoms with Crippen LogP contribution in [0.5, 0.6) is 0 Å². The van der Waals surface area contributed by atoms with Crippen LogP contribution >= 0.6 is 0 Å². The lowest BCUT2D eigenvalue weighted by atomic mass is 10.1. The number of benzene rings is 1. The first-order chi connectivity index (χ1) is 14.5. The van der Waals surface area contributed by atoms with Crippen molar-refractivity contribution in [1.82, 2.24) is 15.0 Å². The molecule has 2 aromatic heterocycles. The molecule has 1 aliphatic rings. The largest absolute Gasteiger partial charge is 0.368 e. The van der Waals surface area contributed by atoms with E-state index in [1.807, 2.05) is 43.3 Å². The van der Waals surface area contributed by atoms with E-state index in [2.05, 4.69) is 24.8 Å². The number of carbonyl (C=O) groups excluding carboxylic acids is 1. The number of H-pyrrole nitrogens is 1. The van der Waals surface area contributed by atoms with Gasteiger partial charge in [0, 0.05) is 61.0 Å². The lowest BCUT2D eigenvalue weighted by Crippen LogP contribution is -2.46. The fourth-order valence-corrected chi connectivity index (χ4v) is 3.64. The number of nitrogens with zero attached hydrogens (tertiary/aromatic N) is 4. The zero-order chi connectivity index (χ0) is 21.1. The molecule has 0 radical (unpaired) electrons. The summed E-state index contributed by atoms with van der Waals surface area (Å²) in [6.07, 6.45) is 2.48. The number of hydrogen-bond donors (Lipinski definition) is 1. The van der Waals surface area contributed by atoms with Crippen molar-refractivity contribution in [3.8, 4) is 11.4 Å². The van der Waals surface area contributed by atoms with Gasteiger partial charge in [0.05, 0.1) is 0 Å². The van der Waals surface area contributed by atoms with Gasteiger partial charge in [0.25, 0.3) is 5.56 Å². The molecular weight excluding hydrogens is 378 g/mol. The van der Waals surface area contributed by atoms with Crippen molar-refractivity contribution in [3.05, 3.63) is 70.3 Å². The number of aromatic amines is 1. The molecular formula is C23H25N5O2. The van der Waals surface area contributed by atoms with Crippen LogP contribution < -0.4 is 15.4 Å². The van der Waals surface area contributed by atoms with Gasteiger partial charge in [0.1, 0.15) is 11.6 Å². The molecule has 30 heavy (non-hydrogen) atoms. The van der Waals surface area contributed by atoms with Crippen LogP contribution in [0.2, 0.25) is 0 Å². The molecule has 7 nitrogen and oxygen atoms in total. The highest BCUT2D eigenvalue weighted by molar-refractivity contribution is 5.94. The molecule has 1 aromatic carbocycles. The van der Waals surface area contributed by atoms with E-state index in [0.717, 1.165) is 54.5 Å². The number of Topliss-reactive ketones (excluding diaryl/α,β-unsaturated/α-hetero) is 1. The number of rotatable bonds is 5. The van der Waals surface area contributed by atoms with Crippen molar-refractivity contribution in [1.29, 1.82) is 0 Å². The summed E-state index contributed by atoms with van der Waals surface area (Å²) in [6, 6.07) is 13.2. The molecule has 3 heterocycles. The van der Waals surface area contributed by atoms with Crippen LogP contribution in [0.25, 0.3) is 11.4 Å². The standard InChI is InChI=1S/C23H25N5O2/c1-3-19-14-22(30)26-23(25-19)18-6-9-21(24-15-18)28-12-10-27(11-13-28)20-7-4-17(5-8-20)16(2)29/h4-9,14-15H,3,10-13H2,1-2H3,(H,25,26,30). The highest BCUT2D eigenvalue weighted by Gasteiger charge is 2.18. The van der Waals surface area contributed by atoms with Crippen LogP contribution in [0.15, 0.2) is 53.5 Å². The maximum Gasteiger partial charge on any atom is 0.251 e. The molecule has 1 N–H and O–H groups in total. The third-order valence-electron chi connectivity index (χ3n) is 5.42. The van der Waals surface area contributed by atoms with Gasteiger partial charge in [-0.3, -0.25) is 9.59 Å². The van der Waals surface area contributed by atoms with Gasteiger partial charge in [0.15, 0.2) is 5.78 Å². The molecule has 0 amide bonds. The van der Waals surface area contributed by atoms with E-state index in [-0.39, 0.29) is 11.3 Å². The second-order valence-electron chi connectivity index (χ2n) is 7.42. The molecule has 0 atom stereocenters. The van der Waals surface area contributed by atoms with Crippen LogP contribution in [0.3, 0.4) is 0 Å². The van der Waals surface area contributed by atoms with E-state index in [9.17, 15) is 9.59 Å². The van der Waals surface area contributed by atoms with Crippen LogP contribution in [0, 0.1) is 0 Å². The zero-order valence-electron chi connectivity index (χ0n) is 17.3. The van der Waals surface area contributed by atoms with E-state index in [1.54, 1.807) is 13.1 Å². The van der Waals surface area contributed by atoms with Crippen molar-refractivity contribution in [2.45, 2.75) is 20.3 Å². The summed E-state index contributed by atoms with van der Waals surface area (Å²) in [6.45, 7) is 7.06. The normalized spacial score (nSPS) is 14.1. The topological polar surface area (TPSA) is 82.2 Å². The van der Waals surface area contributed by atoms with Gasteiger partial charge in [-0.2, -0.15) is 0 Å². The number of ketones is 1. The maximum atomic E-state index is 11.8. The summed E-state index contributed by atoms with van der Waals surface area (Å²) < 4.78 is 0. The van der Waals surface area contributed by atoms with Gasteiger partial charge < -0.3 is 14.8 Å². The first-order valence-electron chi connectivity index (χ1n) is 10.2. The third kappa shape index (κ3) is 4.25. The average molecular weight is 403 g/mol. The molecule has 0 unspecified atom stereocenters. The zero-order valence-corrected chi connectivity index (χ0v) is 17.3. The van der Waals surface area contributed by atoms with E-state index in [0.29, 0.717) is 12.2 Å². The van der Waals surface area contributed by atoms with Gasteiger partial charge in [-0.15, -0.1) is 0 Å². The van der Waals surface area contributed by atoms with Crippen LogP contribution in [0.1, 0.15) is 29.9 Å². The quantitative estimate of drug-likeness (QED) is 0.660. The molecule has 0 spiro atoms. The summed E-state index contributed by atoms with van der Waals surface area (Å²) in [5.41, 5.74) is 3.30. The summed E-state index contributed by atoms with van der Waals surface area (Å²) in [5.74, 6) is 1.55. The minimum atomic E-state index is -0.145. The van der Waals surface area contributed by atoms with Crippen LogP contribution in [-0.2, 0) is 6.42 Å². The monoisotopic (exact) mass is 403 g/mol. The van der Waals surface area contributed by atoms with Crippen molar-refractivity contribution < 1.29 is 4.79 Å². The number of anilines is 2. The molecule has 1 saturated heterocycles. The average Bonchev–Trinajstić information content (AvgIpc) is 2.79. The first kappa shape index (κ1) is 19.8. The minimum Gasteiger partial charge on any atom is -0.368 e. The summed E-state index contributed by atoms with van der Waals surface area (Å²) >= 11 is 0. The second-order valence-corrected chi connectivity index (χ2v) is 7.42. The van der Waals surface area contributed by atoms with Gasteiger partial charge in [-0.05, 0) is 49.7 Å². The highest BCUT2D eigenvalue weighted by atomic mass is 16.1. The number of carbonyl (C=O) groups is 1. The smallest absolute Gasteiger partial charge is 0.251 e. The molecule has 4 rings (SSSR count). The highest BCUT2D eigenvalue weighted by Crippen LogP contribution is 2.22. The third-order valence-corrected chi connectivity index (χ3v) is 5.42. The SMILES string of the molecule is CCc1cc(=O)[nH]c(-c2ccc(N3CCN(c4ccc(C(C)=O)cc4)CC3)nc2)n1. The Hall–Kier alpha value is -3.48. The Kier molecular flexibility index (Phi) is 5.61. The van der Waals surface area contributed by atoms with Crippen molar-refractivity contribution >= 4 is 17.3 Å². The van der Waals surface area contributed by atoms with E-state index >= 15 is 0 Å². The van der Waals surface area contributed by atoms with Gasteiger partial charge in [0.2, 0.25) is 0 Å². The lowest BCUT2D eigenvalue weighted by Gasteiger charge is -2.36. The molecule has 1 aliphatic heterocycles. The Morgan fingerprint density at radius 2 is 1.73 bits per heavy atom. The number of aryl methyl sites for hydroxylation is 1. The fraction of sp³-hybridized carbons (Fsp3) is 0.304.